The molecular weight excluding hydrogens is 440 g/mol. The first-order valence-corrected chi connectivity index (χ1v) is 11.2. The fourth-order valence-corrected chi connectivity index (χ4v) is 4.85. The molecule has 1 aromatic heterocycles. The Hall–Kier alpha value is -2.50. The van der Waals surface area contributed by atoms with E-state index in [4.69, 9.17) is 23.5 Å². The van der Waals surface area contributed by atoms with Gasteiger partial charge in [0.2, 0.25) is 5.58 Å². The van der Waals surface area contributed by atoms with Gasteiger partial charge < -0.3 is 28.4 Å². The number of fused-ring (bicyclic) bond motifs is 1. The van der Waals surface area contributed by atoms with Gasteiger partial charge in [-0.3, -0.25) is 9.29 Å². The topological polar surface area (TPSA) is 86.5 Å². The van der Waals surface area contributed by atoms with Crippen molar-refractivity contribution in [3.05, 3.63) is 17.4 Å². The molecule has 0 aliphatic carbocycles. The Morgan fingerprint density at radius 3 is 2.61 bits per heavy atom. The highest BCUT2D eigenvalue weighted by atomic mass is 19.1. The van der Waals surface area contributed by atoms with Crippen LogP contribution in [0.2, 0.25) is 0 Å². The average molecular weight is 467 g/mol. The van der Waals surface area contributed by atoms with Crippen molar-refractivity contribution >= 4 is 28.6 Å². The smallest absolute Gasteiger partial charge is 0.416 e. The highest BCUT2D eigenvalue weighted by Gasteiger charge is 2.39. The largest absolute Gasteiger partial charge is 0.447 e. The second kappa shape index (κ2) is 9.03. The molecule has 5 rings (SSSR count). The summed E-state index contributed by atoms with van der Waals surface area (Å²) in [4.78, 5) is 15.7. The first-order valence-electron chi connectivity index (χ1n) is 11.2. The van der Waals surface area contributed by atoms with Gasteiger partial charge in [0.15, 0.2) is 17.9 Å². The normalized spacial score (nSPS) is 26.5. The molecule has 9 nitrogen and oxygen atoms in total. The lowest BCUT2D eigenvalue weighted by Crippen LogP contribution is -2.46. The van der Waals surface area contributed by atoms with Crippen LogP contribution in [0, 0.1) is 5.82 Å². The number of aromatic nitrogens is 1. The quantitative estimate of drug-likeness (QED) is 0.636. The van der Waals surface area contributed by atoms with Gasteiger partial charge in [-0.05, 0) is 32.8 Å². The fourth-order valence-electron chi connectivity index (χ4n) is 4.85. The highest BCUT2D eigenvalue weighted by Crippen LogP contribution is 2.42. The zero-order valence-electron chi connectivity index (χ0n) is 18.6. The van der Waals surface area contributed by atoms with Crippen LogP contribution in [0.15, 0.2) is 10.6 Å². The molecule has 3 unspecified atom stereocenters. The first kappa shape index (κ1) is 22.3. The Balaban J connectivity index is 1.62. The van der Waals surface area contributed by atoms with Crippen LogP contribution in [0.3, 0.4) is 0 Å². The molecule has 0 radical (unpaired) electrons. The number of hydrogen-bond acceptors (Lipinski definition) is 8. The number of rotatable bonds is 6. The molecule has 3 aliphatic rings. The molecule has 0 bridgehead atoms. The van der Waals surface area contributed by atoms with Crippen molar-refractivity contribution in [1.82, 2.24) is 5.16 Å². The number of halogens is 2. The van der Waals surface area contributed by atoms with Gasteiger partial charge in [0.25, 0.3) is 0 Å². The van der Waals surface area contributed by atoms with Crippen LogP contribution >= 0.6 is 0 Å². The third-order valence-corrected chi connectivity index (χ3v) is 6.16. The molecule has 11 heteroatoms. The number of hydrogen-bond donors (Lipinski definition) is 0. The number of anilines is 2. The zero-order chi connectivity index (χ0) is 23.1. The third-order valence-electron chi connectivity index (χ3n) is 6.16. The number of morpholine rings is 1. The highest BCUT2D eigenvalue weighted by molar-refractivity contribution is 6.01. The van der Waals surface area contributed by atoms with Crippen LogP contribution in [0.5, 0.6) is 0 Å². The van der Waals surface area contributed by atoms with Crippen molar-refractivity contribution in [2.75, 3.05) is 49.4 Å². The summed E-state index contributed by atoms with van der Waals surface area (Å²) in [5.41, 5.74) is 0.741. The standard InChI is InChI=1S/C22H27F2N3O6/c1-12-9-26(10-13(2)32-12)18-15(21-29-6-7-30-21)8-16-19(17(18)24)33-25-20(16)27-14(4-3-5-23)11-31-22(27)28/h8,12-14,21H,3-7,9-11H2,1-2H3. The Bertz CT molecular complexity index is 1020. The molecule has 180 valence electrons. The van der Waals surface area contributed by atoms with Gasteiger partial charge in [0, 0.05) is 18.7 Å². The summed E-state index contributed by atoms with van der Waals surface area (Å²) in [5.74, 6) is -0.459. The number of amides is 1. The van der Waals surface area contributed by atoms with E-state index in [0.29, 0.717) is 49.4 Å². The summed E-state index contributed by atoms with van der Waals surface area (Å²) in [6, 6.07) is 1.30. The molecule has 2 aromatic rings. The van der Waals surface area contributed by atoms with Gasteiger partial charge in [0.05, 0.1) is 49.2 Å². The van der Waals surface area contributed by atoms with Crippen molar-refractivity contribution in [1.29, 1.82) is 0 Å². The van der Waals surface area contributed by atoms with Crippen LogP contribution in [0.1, 0.15) is 38.5 Å². The van der Waals surface area contributed by atoms with Crippen LogP contribution < -0.4 is 9.80 Å². The molecule has 3 fully saturated rings. The summed E-state index contributed by atoms with van der Waals surface area (Å²) in [6.45, 7) is 5.22. The Morgan fingerprint density at radius 1 is 1.18 bits per heavy atom. The number of nitrogens with zero attached hydrogens (tertiary/aromatic N) is 3. The number of benzene rings is 1. The fraction of sp³-hybridized carbons (Fsp3) is 0.636. The maximum Gasteiger partial charge on any atom is 0.416 e. The molecule has 3 aliphatic heterocycles. The van der Waals surface area contributed by atoms with Crippen LogP contribution in [0.4, 0.5) is 25.1 Å². The van der Waals surface area contributed by atoms with Crippen LogP contribution in [-0.2, 0) is 18.9 Å². The first-order chi connectivity index (χ1) is 16.0. The molecule has 4 heterocycles. The Kier molecular flexibility index (Phi) is 6.11. The summed E-state index contributed by atoms with van der Waals surface area (Å²) >= 11 is 0. The molecule has 33 heavy (non-hydrogen) atoms. The van der Waals surface area contributed by atoms with E-state index < -0.39 is 30.9 Å². The van der Waals surface area contributed by atoms with Crippen LogP contribution in [0.25, 0.3) is 11.0 Å². The molecule has 0 spiro atoms. The van der Waals surface area contributed by atoms with Crippen molar-refractivity contribution in [2.45, 2.75) is 51.2 Å². The number of ether oxygens (including phenoxy) is 4. The summed E-state index contributed by atoms with van der Waals surface area (Å²) < 4.78 is 56.6. The maximum atomic E-state index is 16.0. The monoisotopic (exact) mass is 467 g/mol. The minimum Gasteiger partial charge on any atom is -0.447 e. The predicted octanol–water partition coefficient (Wildman–Crippen LogP) is 3.70. The van der Waals surface area contributed by atoms with Gasteiger partial charge in [-0.1, -0.05) is 5.16 Å². The van der Waals surface area contributed by atoms with Crippen LogP contribution in [-0.4, -0.2) is 69.1 Å². The molecule has 3 atom stereocenters. The van der Waals surface area contributed by atoms with E-state index in [0.717, 1.165) is 0 Å². The summed E-state index contributed by atoms with van der Waals surface area (Å²) in [7, 11) is 0. The Labute approximate surface area is 189 Å². The van der Waals surface area contributed by atoms with E-state index in [1.165, 1.54) is 4.90 Å². The molecule has 3 saturated heterocycles. The summed E-state index contributed by atoms with van der Waals surface area (Å²) in [5, 5.41) is 4.33. The molecule has 1 amide bonds. The van der Waals surface area contributed by atoms with Gasteiger partial charge >= 0.3 is 6.09 Å². The molecule has 0 saturated carbocycles. The molecule has 1 aromatic carbocycles. The van der Waals surface area contributed by atoms with Crippen molar-refractivity contribution in [3.8, 4) is 0 Å². The Morgan fingerprint density at radius 2 is 1.91 bits per heavy atom. The molecule has 0 N–H and O–H groups in total. The van der Waals surface area contributed by atoms with Gasteiger partial charge in [0.1, 0.15) is 6.61 Å². The lowest BCUT2D eigenvalue weighted by molar-refractivity contribution is -0.0445. The SMILES string of the molecule is CC1CN(c2c(C3OCCO3)cc3c(N4C(=O)OCC4CCCF)noc3c2F)CC(C)O1. The van der Waals surface area contributed by atoms with E-state index in [1.807, 2.05) is 18.7 Å². The average Bonchev–Trinajstić information content (AvgIpc) is 3.51. The van der Waals surface area contributed by atoms with Crippen molar-refractivity contribution < 1.29 is 37.0 Å². The second-order valence-electron chi connectivity index (χ2n) is 8.68. The third kappa shape index (κ3) is 4.02. The van der Waals surface area contributed by atoms with Gasteiger partial charge in [-0.25, -0.2) is 9.18 Å². The zero-order valence-corrected chi connectivity index (χ0v) is 18.6. The lowest BCUT2D eigenvalue weighted by Gasteiger charge is -2.38. The minimum absolute atomic E-state index is 0.0718. The van der Waals surface area contributed by atoms with Gasteiger partial charge in [-0.2, -0.15) is 0 Å². The molecular formula is C22H27F2N3O6. The van der Waals surface area contributed by atoms with E-state index in [1.54, 1.807) is 6.07 Å². The minimum atomic E-state index is -0.761. The van der Waals surface area contributed by atoms with E-state index in [2.05, 4.69) is 5.16 Å². The second-order valence-corrected chi connectivity index (χ2v) is 8.68. The van der Waals surface area contributed by atoms with E-state index in [9.17, 15) is 9.18 Å². The maximum absolute atomic E-state index is 16.0. The van der Waals surface area contributed by atoms with Gasteiger partial charge in [-0.15, -0.1) is 0 Å². The summed E-state index contributed by atoms with van der Waals surface area (Å²) in [6.07, 6.45) is -0.907. The van der Waals surface area contributed by atoms with E-state index >= 15 is 4.39 Å². The number of cyclic esters (lactones) is 1. The van der Waals surface area contributed by atoms with E-state index in [-0.39, 0.29) is 36.6 Å². The number of carbonyl (C=O) groups is 1. The predicted molar refractivity (Wildman–Crippen MR) is 114 cm³/mol. The van der Waals surface area contributed by atoms with Crippen molar-refractivity contribution in [3.63, 3.8) is 0 Å². The van der Waals surface area contributed by atoms with Crippen molar-refractivity contribution in [2.24, 2.45) is 0 Å². The lowest BCUT2D eigenvalue weighted by atomic mass is 10.0. The number of alkyl halides is 1. The number of carbonyl (C=O) groups excluding carboxylic acids is 1.